The molecule has 0 spiro atoms. The Balaban J connectivity index is 2.55. The van der Waals surface area contributed by atoms with Crippen molar-refractivity contribution in [3.05, 3.63) is 23.2 Å². The van der Waals surface area contributed by atoms with E-state index < -0.39 is 0 Å². The molecule has 0 saturated carbocycles. The van der Waals surface area contributed by atoms with E-state index in [1.54, 1.807) is 11.3 Å². The van der Waals surface area contributed by atoms with Crippen molar-refractivity contribution < 1.29 is 0 Å². The minimum Gasteiger partial charge on any atom is -0.362 e. The Kier molecular flexibility index (Phi) is 2.38. The molecule has 0 saturated heterocycles. The molecule has 1 heterocycles. The SMILES string of the molecule is CCNc1nc2c(Cl)cccc2s1. The summed E-state index contributed by atoms with van der Waals surface area (Å²) in [6, 6.07) is 5.83. The number of thiazole rings is 1. The normalized spacial score (nSPS) is 10.6. The predicted molar refractivity (Wildman–Crippen MR) is 58.8 cm³/mol. The van der Waals surface area contributed by atoms with Crippen molar-refractivity contribution >= 4 is 38.3 Å². The monoisotopic (exact) mass is 212 g/mol. The van der Waals surface area contributed by atoms with Gasteiger partial charge in [0.15, 0.2) is 5.13 Å². The molecular weight excluding hydrogens is 204 g/mol. The molecule has 0 radical (unpaired) electrons. The summed E-state index contributed by atoms with van der Waals surface area (Å²) in [4.78, 5) is 4.38. The van der Waals surface area contributed by atoms with Crippen LogP contribution in [0.15, 0.2) is 18.2 Å². The van der Waals surface area contributed by atoms with Crippen LogP contribution in [0.25, 0.3) is 10.2 Å². The van der Waals surface area contributed by atoms with Gasteiger partial charge in [-0.1, -0.05) is 29.0 Å². The molecule has 4 heteroatoms. The Labute approximate surface area is 85.6 Å². The van der Waals surface area contributed by atoms with Crippen LogP contribution in [0, 0.1) is 0 Å². The lowest BCUT2D eigenvalue weighted by molar-refractivity contribution is 1.20. The molecule has 0 unspecified atom stereocenters. The van der Waals surface area contributed by atoms with Crippen molar-refractivity contribution in [2.24, 2.45) is 0 Å². The van der Waals surface area contributed by atoms with Gasteiger partial charge in [-0.15, -0.1) is 0 Å². The number of para-hydroxylation sites is 1. The predicted octanol–water partition coefficient (Wildman–Crippen LogP) is 3.38. The fourth-order valence-corrected chi connectivity index (χ4v) is 2.38. The van der Waals surface area contributed by atoms with Gasteiger partial charge in [0.1, 0.15) is 5.52 Å². The first kappa shape index (κ1) is 8.78. The zero-order valence-electron chi connectivity index (χ0n) is 7.17. The van der Waals surface area contributed by atoms with Crippen molar-refractivity contribution in [2.75, 3.05) is 11.9 Å². The zero-order valence-corrected chi connectivity index (χ0v) is 8.75. The molecule has 0 fully saturated rings. The number of halogens is 1. The van der Waals surface area contributed by atoms with E-state index in [4.69, 9.17) is 11.6 Å². The second-order valence-electron chi connectivity index (χ2n) is 2.64. The third-order valence-electron chi connectivity index (χ3n) is 1.70. The van der Waals surface area contributed by atoms with Crippen molar-refractivity contribution in [1.82, 2.24) is 4.98 Å². The van der Waals surface area contributed by atoms with Gasteiger partial charge in [-0.25, -0.2) is 4.98 Å². The Morgan fingerprint density at radius 2 is 2.38 bits per heavy atom. The Hall–Kier alpha value is -0.800. The number of fused-ring (bicyclic) bond motifs is 1. The Morgan fingerprint density at radius 3 is 3.08 bits per heavy atom. The van der Waals surface area contributed by atoms with Crippen LogP contribution in [-0.4, -0.2) is 11.5 Å². The molecule has 0 bridgehead atoms. The van der Waals surface area contributed by atoms with Gasteiger partial charge < -0.3 is 5.32 Å². The summed E-state index contributed by atoms with van der Waals surface area (Å²) in [5.74, 6) is 0. The van der Waals surface area contributed by atoms with Gasteiger partial charge in [-0.2, -0.15) is 0 Å². The van der Waals surface area contributed by atoms with Crippen LogP contribution < -0.4 is 5.32 Å². The van der Waals surface area contributed by atoms with E-state index in [0.29, 0.717) is 0 Å². The van der Waals surface area contributed by atoms with E-state index >= 15 is 0 Å². The molecule has 0 aliphatic carbocycles. The largest absolute Gasteiger partial charge is 0.362 e. The zero-order chi connectivity index (χ0) is 9.26. The van der Waals surface area contributed by atoms with Crippen LogP contribution in [0.4, 0.5) is 5.13 Å². The topological polar surface area (TPSA) is 24.9 Å². The number of nitrogens with zero attached hydrogens (tertiary/aromatic N) is 1. The number of rotatable bonds is 2. The highest BCUT2D eigenvalue weighted by Crippen LogP contribution is 2.30. The lowest BCUT2D eigenvalue weighted by Gasteiger charge is -1.92. The summed E-state index contributed by atoms with van der Waals surface area (Å²) in [6.07, 6.45) is 0. The summed E-state index contributed by atoms with van der Waals surface area (Å²) in [5, 5.41) is 4.83. The Morgan fingerprint density at radius 1 is 1.54 bits per heavy atom. The maximum absolute atomic E-state index is 5.99. The van der Waals surface area contributed by atoms with Crippen molar-refractivity contribution in [1.29, 1.82) is 0 Å². The summed E-state index contributed by atoms with van der Waals surface area (Å²) in [5.41, 5.74) is 0.894. The molecule has 0 aliphatic rings. The average Bonchev–Trinajstić information content (AvgIpc) is 2.49. The average molecular weight is 213 g/mol. The molecule has 0 atom stereocenters. The minimum absolute atomic E-state index is 0.720. The third-order valence-corrected chi connectivity index (χ3v) is 2.98. The van der Waals surface area contributed by atoms with Gasteiger partial charge in [0, 0.05) is 6.54 Å². The molecule has 68 valence electrons. The molecule has 2 rings (SSSR count). The summed E-state index contributed by atoms with van der Waals surface area (Å²) >= 11 is 7.62. The molecule has 1 aromatic heterocycles. The van der Waals surface area contributed by atoms with E-state index in [2.05, 4.69) is 10.3 Å². The van der Waals surface area contributed by atoms with E-state index in [-0.39, 0.29) is 0 Å². The van der Waals surface area contributed by atoms with Gasteiger partial charge in [-0.05, 0) is 19.1 Å². The van der Waals surface area contributed by atoms with E-state index in [9.17, 15) is 0 Å². The number of hydrogen-bond donors (Lipinski definition) is 1. The quantitative estimate of drug-likeness (QED) is 0.826. The molecule has 2 aromatic rings. The maximum atomic E-state index is 5.99. The van der Waals surface area contributed by atoms with Crippen molar-refractivity contribution in [2.45, 2.75) is 6.92 Å². The number of anilines is 1. The second-order valence-corrected chi connectivity index (χ2v) is 4.07. The fraction of sp³-hybridized carbons (Fsp3) is 0.222. The van der Waals surface area contributed by atoms with Crippen molar-refractivity contribution in [3.8, 4) is 0 Å². The molecule has 13 heavy (non-hydrogen) atoms. The first-order valence-corrected chi connectivity index (χ1v) is 5.29. The lowest BCUT2D eigenvalue weighted by Crippen LogP contribution is -1.94. The smallest absolute Gasteiger partial charge is 0.183 e. The summed E-state index contributed by atoms with van der Waals surface area (Å²) < 4.78 is 1.13. The van der Waals surface area contributed by atoms with E-state index in [0.717, 1.165) is 26.9 Å². The number of hydrogen-bond acceptors (Lipinski definition) is 3. The maximum Gasteiger partial charge on any atom is 0.183 e. The van der Waals surface area contributed by atoms with Crippen LogP contribution >= 0.6 is 22.9 Å². The highest BCUT2D eigenvalue weighted by molar-refractivity contribution is 7.22. The molecule has 1 aromatic carbocycles. The number of nitrogens with one attached hydrogen (secondary N) is 1. The van der Waals surface area contributed by atoms with Crippen LogP contribution in [0.3, 0.4) is 0 Å². The van der Waals surface area contributed by atoms with Gasteiger partial charge in [0.05, 0.1) is 9.72 Å². The number of benzene rings is 1. The molecule has 0 aliphatic heterocycles. The standard InChI is InChI=1S/C9H9ClN2S/c1-2-11-9-12-8-6(10)4-3-5-7(8)13-9/h3-5H,2H2,1H3,(H,11,12). The van der Waals surface area contributed by atoms with Crippen LogP contribution in [0.5, 0.6) is 0 Å². The first-order chi connectivity index (χ1) is 6.31. The fourth-order valence-electron chi connectivity index (χ4n) is 1.14. The lowest BCUT2D eigenvalue weighted by atomic mass is 10.3. The molecule has 1 N–H and O–H groups in total. The van der Waals surface area contributed by atoms with Crippen molar-refractivity contribution in [3.63, 3.8) is 0 Å². The van der Waals surface area contributed by atoms with Gasteiger partial charge in [-0.3, -0.25) is 0 Å². The highest BCUT2D eigenvalue weighted by Gasteiger charge is 2.04. The summed E-state index contributed by atoms with van der Waals surface area (Å²) in [7, 11) is 0. The van der Waals surface area contributed by atoms with Crippen LogP contribution in [0.2, 0.25) is 5.02 Å². The number of aromatic nitrogens is 1. The van der Waals surface area contributed by atoms with E-state index in [1.165, 1.54) is 0 Å². The summed E-state index contributed by atoms with van der Waals surface area (Å²) in [6.45, 7) is 2.94. The minimum atomic E-state index is 0.720. The van der Waals surface area contributed by atoms with Gasteiger partial charge in [0.2, 0.25) is 0 Å². The Bertz CT molecular complexity index is 424. The molecular formula is C9H9ClN2S. The third kappa shape index (κ3) is 1.62. The first-order valence-electron chi connectivity index (χ1n) is 4.10. The van der Waals surface area contributed by atoms with Gasteiger partial charge >= 0.3 is 0 Å². The molecule has 2 nitrogen and oxygen atoms in total. The highest BCUT2D eigenvalue weighted by atomic mass is 35.5. The van der Waals surface area contributed by atoms with Gasteiger partial charge in [0.25, 0.3) is 0 Å². The second kappa shape index (κ2) is 3.52. The van der Waals surface area contributed by atoms with Crippen LogP contribution in [-0.2, 0) is 0 Å². The van der Waals surface area contributed by atoms with Crippen LogP contribution in [0.1, 0.15) is 6.92 Å². The van der Waals surface area contributed by atoms with E-state index in [1.807, 2.05) is 25.1 Å². The molecule has 0 amide bonds.